The SMILES string of the molecule is Cc1[nH]c2ccc(Cl)cc2c1C(=O)N1C[C@@H](N)[C@H](c2cncn2C)C1. The first kappa shape index (κ1) is 16.2. The van der Waals surface area contributed by atoms with E-state index in [0.717, 1.165) is 22.3 Å². The lowest BCUT2D eigenvalue weighted by molar-refractivity contribution is 0.0790. The number of aromatic nitrogens is 3. The molecule has 0 saturated carbocycles. The molecule has 3 aromatic rings. The lowest BCUT2D eigenvalue weighted by atomic mass is 10.0. The Morgan fingerprint density at radius 3 is 2.92 bits per heavy atom. The highest BCUT2D eigenvalue weighted by molar-refractivity contribution is 6.31. The fourth-order valence-corrected chi connectivity index (χ4v) is 3.94. The second kappa shape index (κ2) is 5.89. The summed E-state index contributed by atoms with van der Waals surface area (Å²) in [5, 5.41) is 1.47. The van der Waals surface area contributed by atoms with Crippen LogP contribution in [0, 0.1) is 6.92 Å². The summed E-state index contributed by atoms with van der Waals surface area (Å²) >= 11 is 6.13. The molecule has 7 heteroatoms. The van der Waals surface area contributed by atoms with Gasteiger partial charge in [0.15, 0.2) is 0 Å². The number of likely N-dealkylation sites (tertiary alicyclic amines) is 1. The first-order valence-electron chi connectivity index (χ1n) is 8.24. The van der Waals surface area contributed by atoms with Crippen LogP contribution in [0.3, 0.4) is 0 Å². The average molecular weight is 358 g/mol. The molecule has 1 fully saturated rings. The summed E-state index contributed by atoms with van der Waals surface area (Å²) in [6, 6.07) is 5.45. The minimum Gasteiger partial charge on any atom is -0.358 e. The molecule has 0 aliphatic carbocycles. The van der Waals surface area contributed by atoms with Crippen LogP contribution in [0.25, 0.3) is 10.9 Å². The topological polar surface area (TPSA) is 79.9 Å². The zero-order chi connectivity index (χ0) is 17.7. The van der Waals surface area contributed by atoms with Crippen LogP contribution in [-0.4, -0.2) is 44.5 Å². The molecule has 3 N–H and O–H groups in total. The van der Waals surface area contributed by atoms with Crippen molar-refractivity contribution in [2.45, 2.75) is 18.9 Å². The van der Waals surface area contributed by atoms with Crippen LogP contribution in [0.5, 0.6) is 0 Å². The van der Waals surface area contributed by atoms with Crippen molar-refractivity contribution in [1.82, 2.24) is 19.4 Å². The van der Waals surface area contributed by atoms with Gasteiger partial charge in [0.05, 0.1) is 11.9 Å². The zero-order valence-electron chi connectivity index (χ0n) is 14.2. The normalized spacial score (nSPS) is 20.6. The summed E-state index contributed by atoms with van der Waals surface area (Å²) in [5.74, 6) is 0.0803. The fraction of sp³-hybridized carbons (Fsp3) is 0.333. The molecule has 25 heavy (non-hydrogen) atoms. The molecule has 0 bridgehead atoms. The summed E-state index contributed by atoms with van der Waals surface area (Å²) in [4.78, 5) is 22.5. The summed E-state index contributed by atoms with van der Waals surface area (Å²) in [5.41, 5.74) is 9.83. The van der Waals surface area contributed by atoms with Crippen LogP contribution in [-0.2, 0) is 7.05 Å². The van der Waals surface area contributed by atoms with E-state index in [0.29, 0.717) is 23.7 Å². The highest BCUT2D eigenvalue weighted by Gasteiger charge is 2.36. The minimum absolute atomic E-state index is 0.00821. The Bertz CT molecular complexity index is 960. The number of imidazole rings is 1. The van der Waals surface area contributed by atoms with Crippen LogP contribution < -0.4 is 5.73 Å². The Morgan fingerprint density at radius 1 is 1.40 bits per heavy atom. The van der Waals surface area contributed by atoms with Crippen molar-refractivity contribution in [1.29, 1.82) is 0 Å². The number of carbonyl (C=O) groups is 1. The van der Waals surface area contributed by atoms with Gasteiger partial charge >= 0.3 is 0 Å². The number of aromatic amines is 1. The Kier molecular flexibility index (Phi) is 3.81. The number of carbonyl (C=O) groups excluding carboxylic acids is 1. The first-order valence-corrected chi connectivity index (χ1v) is 8.62. The summed E-state index contributed by atoms with van der Waals surface area (Å²) in [6.07, 6.45) is 3.59. The van der Waals surface area contributed by atoms with Crippen LogP contribution in [0.15, 0.2) is 30.7 Å². The molecule has 6 nitrogen and oxygen atoms in total. The van der Waals surface area contributed by atoms with Crippen molar-refractivity contribution in [3.8, 4) is 0 Å². The third-order valence-corrected chi connectivity index (χ3v) is 5.28. The highest BCUT2D eigenvalue weighted by Crippen LogP contribution is 2.31. The Hall–Kier alpha value is -2.31. The minimum atomic E-state index is -0.103. The number of nitrogens with one attached hydrogen (secondary N) is 1. The number of rotatable bonds is 2. The summed E-state index contributed by atoms with van der Waals surface area (Å²) in [6.45, 7) is 3.03. The molecule has 0 unspecified atom stereocenters. The van der Waals surface area contributed by atoms with E-state index in [1.807, 2.05) is 47.8 Å². The number of benzene rings is 1. The van der Waals surface area contributed by atoms with Gasteiger partial charge in [-0.1, -0.05) is 11.6 Å². The number of aryl methyl sites for hydroxylation is 2. The second-order valence-corrected chi connectivity index (χ2v) is 7.16. The van der Waals surface area contributed by atoms with E-state index in [2.05, 4.69) is 9.97 Å². The van der Waals surface area contributed by atoms with Crippen LogP contribution in [0.4, 0.5) is 0 Å². The van der Waals surface area contributed by atoms with E-state index in [1.165, 1.54) is 0 Å². The second-order valence-electron chi connectivity index (χ2n) is 6.72. The number of amides is 1. The standard InChI is InChI=1S/C18H20ClN5O/c1-10-17(12-5-11(19)3-4-15(12)22-10)18(25)24-7-13(14(20)8-24)16-6-21-9-23(16)2/h3-6,9,13-14,22H,7-8,20H2,1-2H3/t13-,14-/m1/s1. The monoisotopic (exact) mass is 357 g/mol. The Balaban J connectivity index is 1.67. The van der Waals surface area contributed by atoms with Crippen LogP contribution >= 0.6 is 11.6 Å². The van der Waals surface area contributed by atoms with Crippen molar-refractivity contribution in [2.24, 2.45) is 12.8 Å². The lowest BCUT2D eigenvalue weighted by Gasteiger charge is -2.17. The number of hydrogen-bond acceptors (Lipinski definition) is 3. The number of H-pyrrole nitrogens is 1. The number of nitrogens with two attached hydrogens (primary N) is 1. The van der Waals surface area contributed by atoms with Gasteiger partial charge in [0.1, 0.15) is 0 Å². The van der Waals surface area contributed by atoms with Gasteiger partial charge < -0.3 is 20.2 Å². The molecule has 3 heterocycles. The lowest BCUT2D eigenvalue weighted by Crippen LogP contribution is -2.32. The summed E-state index contributed by atoms with van der Waals surface area (Å²) < 4.78 is 1.97. The predicted octanol–water partition coefficient (Wildman–Crippen LogP) is 2.43. The third kappa shape index (κ3) is 2.62. The molecule has 4 rings (SSSR count). The highest BCUT2D eigenvalue weighted by atomic mass is 35.5. The molecule has 0 radical (unpaired) electrons. The molecular formula is C18H20ClN5O. The molecule has 1 aliphatic rings. The number of nitrogens with zero attached hydrogens (tertiary/aromatic N) is 3. The van der Waals surface area contributed by atoms with Crippen LogP contribution in [0.2, 0.25) is 5.02 Å². The maximum atomic E-state index is 13.2. The van der Waals surface area contributed by atoms with Crippen LogP contribution in [0.1, 0.15) is 27.7 Å². The van der Waals surface area contributed by atoms with Gasteiger partial charge in [-0.3, -0.25) is 4.79 Å². The molecule has 1 aromatic carbocycles. The average Bonchev–Trinajstić information content (AvgIpc) is 3.23. The maximum Gasteiger partial charge on any atom is 0.256 e. The molecule has 130 valence electrons. The van der Waals surface area contributed by atoms with E-state index < -0.39 is 0 Å². The van der Waals surface area contributed by atoms with Gasteiger partial charge in [0, 0.05) is 65.6 Å². The maximum absolute atomic E-state index is 13.2. The Morgan fingerprint density at radius 2 is 2.20 bits per heavy atom. The van der Waals surface area contributed by atoms with Gasteiger partial charge in [0.2, 0.25) is 0 Å². The smallest absolute Gasteiger partial charge is 0.256 e. The van der Waals surface area contributed by atoms with Crippen molar-refractivity contribution >= 4 is 28.4 Å². The largest absolute Gasteiger partial charge is 0.358 e. The quantitative estimate of drug-likeness (QED) is 0.739. The van der Waals surface area contributed by atoms with E-state index in [1.54, 1.807) is 6.33 Å². The number of hydrogen-bond donors (Lipinski definition) is 2. The molecule has 2 atom stereocenters. The summed E-state index contributed by atoms with van der Waals surface area (Å²) in [7, 11) is 1.95. The first-order chi connectivity index (χ1) is 12.0. The van der Waals surface area contributed by atoms with Crippen molar-refractivity contribution < 1.29 is 4.79 Å². The molecular weight excluding hydrogens is 338 g/mol. The van der Waals surface area contributed by atoms with Gasteiger partial charge in [-0.25, -0.2) is 4.98 Å². The molecule has 1 amide bonds. The zero-order valence-corrected chi connectivity index (χ0v) is 14.9. The van der Waals surface area contributed by atoms with Gasteiger partial charge in [-0.2, -0.15) is 0 Å². The van der Waals surface area contributed by atoms with E-state index in [-0.39, 0.29) is 17.9 Å². The molecule has 1 aliphatic heterocycles. The van der Waals surface area contributed by atoms with Gasteiger partial charge in [-0.05, 0) is 25.1 Å². The van der Waals surface area contributed by atoms with E-state index in [9.17, 15) is 4.79 Å². The van der Waals surface area contributed by atoms with E-state index in [4.69, 9.17) is 17.3 Å². The predicted molar refractivity (Wildman–Crippen MR) is 97.9 cm³/mol. The Labute approximate surface area is 150 Å². The molecule has 1 saturated heterocycles. The fourth-order valence-electron chi connectivity index (χ4n) is 3.77. The van der Waals surface area contributed by atoms with E-state index >= 15 is 0 Å². The van der Waals surface area contributed by atoms with Crippen molar-refractivity contribution in [3.63, 3.8) is 0 Å². The van der Waals surface area contributed by atoms with Gasteiger partial charge in [0.25, 0.3) is 5.91 Å². The van der Waals surface area contributed by atoms with Crippen molar-refractivity contribution in [3.05, 3.63) is 52.7 Å². The van der Waals surface area contributed by atoms with Gasteiger partial charge in [-0.15, -0.1) is 0 Å². The number of fused-ring (bicyclic) bond motifs is 1. The number of halogens is 1. The molecule has 2 aromatic heterocycles. The van der Waals surface area contributed by atoms with Crippen molar-refractivity contribution in [2.75, 3.05) is 13.1 Å². The third-order valence-electron chi connectivity index (χ3n) is 5.05. The molecule has 0 spiro atoms.